The molecule has 1 heterocycles. The zero-order valence-corrected chi connectivity index (χ0v) is 10.6. The Bertz CT molecular complexity index is 604. The van der Waals surface area contributed by atoms with Gasteiger partial charge in [0.05, 0.1) is 0 Å². The van der Waals surface area contributed by atoms with E-state index >= 15 is 0 Å². The molecule has 1 unspecified atom stereocenters. The highest BCUT2D eigenvalue weighted by molar-refractivity contribution is 5.86. The van der Waals surface area contributed by atoms with Gasteiger partial charge >= 0.3 is 5.97 Å². The van der Waals surface area contributed by atoms with Gasteiger partial charge in [0.15, 0.2) is 0 Å². The van der Waals surface area contributed by atoms with E-state index in [2.05, 4.69) is 10.3 Å². The van der Waals surface area contributed by atoms with Crippen LogP contribution in [0, 0.1) is 0 Å². The van der Waals surface area contributed by atoms with Gasteiger partial charge in [0.2, 0.25) is 5.91 Å². The summed E-state index contributed by atoms with van der Waals surface area (Å²) >= 11 is 0. The molecule has 0 aliphatic carbocycles. The Kier molecular flexibility index (Phi) is 3.85. The number of fused-ring (bicyclic) bond motifs is 1. The third-order valence-corrected chi connectivity index (χ3v) is 3.05. The fraction of sp³-hybridized carbons (Fsp3) is 0.286. The van der Waals surface area contributed by atoms with E-state index in [1.807, 2.05) is 24.3 Å². The van der Waals surface area contributed by atoms with Crippen LogP contribution in [0.2, 0.25) is 0 Å². The van der Waals surface area contributed by atoms with E-state index in [-0.39, 0.29) is 18.7 Å². The standard InChI is InChI=1S/C14H16N2O3/c1-2-13(17)16-12(14(18)19)7-9-8-15-11-6-4-3-5-10(9)11/h3-6,8,12,15H,2,7H2,1H3,(H,16,17)(H,18,19). The van der Waals surface area contributed by atoms with E-state index in [0.29, 0.717) is 0 Å². The first-order chi connectivity index (χ1) is 9.11. The molecule has 5 nitrogen and oxygen atoms in total. The van der Waals surface area contributed by atoms with Crippen molar-refractivity contribution in [1.82, 2.24) is 10.3 Å². The normalized spacial score (nSPS) is 12.3. The molecule has 0 aliphatic rings. The SMILES string of the molecule is CCC(=O)NC(Cc1c[nH]c2ccccc12)C(=O)O. The second kappa shape index (κ2) is 5.56. The minimum Gasteiger partial charge on any atom is -0.480 e. The number of H-pyrrole nitrogens is 1. The van der Waals surface area contributed by atoms with Crippen molar-refractivity contribution in [3.8, 4) is 0 Å². The molecule has 0 aliphatic heterocycles. The van der Waals surface area contributed by atoms with Crippen LogP contribution in [0.15, 0.2) is 30.5 Å². The minimum atomic E-state index is -1.02. The van der Waals surface area contributed by atoms with Gasteiger partial charge in [-0.1, -0.05) is 25.1 Å². The van der Waals surface area contributed by atoms with E-state index in [1.54, 1.807) is 13.1 Å². The average molecular weight is 260 g/mol. The molecule has 2 aromatic rings. The van der Waals surface area contributed by atoms with Gasteiger partial charge < -0.3 is 15.4 Å². The predicted octanol–water partition coefficient (Wildman–Crippen LogP) is 1.69. The van der Waals surface area contributed by atoms with Crippen LogP contribution in [0.5, 0.6) is 0 Å². The number of carbonyl (C=O) groups is 2. The number of aliphatic carboxylic acids is 1. The zero-order chi connectivity index (χ0) is 13.8. The number of carboxylic acids is 1. The number of carbonyl (C=O) groups excluding carboxylic acids is 1. The lowest BCUT2D eigenvalue weighted by molar-refractivity contribution is -0.141. The van der Waals surface area contributed by atoms with E-state index < -0.39 is 12.0 Å². The van der Waals surface area contributed by atoms with E-state index in [4.69, 9.17) is 5.11 Å². The number of rotatable bonds is 5. The van der Waals surface area contributed by atoms with Gasteiger partial charge in [-0.15, -0.1) is 0 Å². The highest BCUT2D eigenvalue weighted by atomic mass is 16.4. The molecule has 0 spiro atoms. The van der Waals surface area contributed by atoms with Crippen LogP contribution in [0.1, 0.15) is 18.9 Å². The number of aromatic amines is 1. The van der Waals surface area contributed by atoms with Crippen LogP contribution in [-0.4, -0.2) is 28.0 Å². The summed E-state index contributed by atoms with van der Waals surface area (Å²) in [5.41, 5.74) is 1.85. The second-order valence-electron chi connectivity index (χ2n) is 4.38. The highest BCUT2D eigenvalue weighted by Gasteiger charge is 2.21. The van der Waals surface area contributed by atoms with Crippen molar-refractivity contribution in [3.05, 3.63) is 36.0 Å². The average Bonchev–Trinajstić information content (AvgIpc) is 2.81. The summed E-state index contributed by atoms with van der Waals surface area (Å²) in [6.45, 7) is 1.69. The number of amides is 1. The molecule has 19 heavy (non-hydrogen) atoms. The smallest absolute Gasteiger partial charge is 0.326 e. The van der Waals surface area contributed by atoms with Gasteiger partial charge in [-0.25, -0.2) is 4.79 Å². The molecule has 2 rings (SSSR count). The van der Waals surface area contributed by atoms with E-state index in [9.17, 15) is 9.59 Å². The molecule has 0 saturated carbocycles. The maximum absolute atomic E-state index is 11.3. The quantitative estimate of drug-likeness (QED) is 0.765. The van der Waals surface area contributed by atoms with Crippen molar-refractivity contribution in [2.45, 2.75) is 25.8 Å². The maximum Gasteiger partial charge on any atom is 0.326 e. The first-order valence-corrected chi connectivity index (χ1v) is 6.19. The Hall–Kier alpha value is -2.30. The summed E-state index contributed by atoms with van der Waals surface area (Å²) in [7, 11) is 0. The molecule has 0 radical (unpaired) electrons. The second-order valence-corrected chi connectivity index (χ2v) is 4.38. The summed E-state index contributed by atoms with van der Waals surface area (Å²) in [5, 5.41) is 12.7. The first-order valence-electron chi connectivity index (χ1n) is 6.19. The summed E-state index contributed by atoms with van der Waals surface area (Å²) in [4.78, 5) is 25.6. The highest BCUT2D eigenvalue weighted by Crippen LogP contribution is 2.19. The van der Waals surface area contributed by atoms with Crippen molar-refractivity contribution in [2.75, 3.05) is 0 Å². The number of carboxylic acid groups (broad SMARTS) is 1. The summed E-state index contributed by atoms with van der Waals surface area (Å²) < 4.78 is 0. The van der Waals surface area contributed by atoms with Crippen molar-refractivity contribution in [3.63, 3.8) is 0 Å². The largest absolute Gasteiger partial charge is 0.480 e. The number of para-hydroxylation sites is 1. The van der Waals surface area contributed by atoms with Crippen LogP contribution < -0.4 is 5.32 Å². The lowest BCUT2D eigenvalue weighted by Crippen LogP contribution is -2.41. The Morgan fingerprint density at radius 1 is 1.37 bits per heavy atom. The van der Waals surface area contributed by atoms with Crippen LogP contribution in [0.3, 0.4) is 0 Å². The molecular weight excluding hydrogens is 244 g/mol. The molecular formula is C14H16N2O3. The Labute approximate surface area is 110 Å². The predicted molar refractivity (Wildman–Crippen MR) is 71.9 cm³/mol. The lowest BCUT2D eigenvalue weighted by Gasteiger charge is -2.13. The van der Waals surface area contributed by atoms with E-state index in [1.165, 1.54) is 0 Å². The fourth-order valence-electron chi connectivity index (χ4n) is 2.02. The Morgan fingerprint density at radius 2 is 2.11 bits per heavy atom. The monoisotopic (exact) mass is 260 g/mol. The first kappa shape index (κ1) is 13.1. The Balaban J connectivity index is 2.21. The summed E-state index contributed by atoms with van der Waals surface area (Å²) in [5.74, 6) is -1.28. The lowest BCUT2D eigenvalue weighted by atomic mass is 10.0. The van der Waals surface area contributed by atoms with Crippen molar-refractivity contribution in [2.24, 2.45) is 0 Å². The molecule has 100 valence electrons. The van der Waals surface area contributed by atoms with Gasteiger partial charge in [-0.05, 0) is 11.6 Å². The van der Waals surface area contributed by atoms with Crippen LogP contribution in [0.25, 0.3) is 10.9 Å². The third kappa shape index (κ3) is 2.93. The maximum atomic E-state index is 11.3. The Morgan fingerprint density at radius 3 is 2.79 bits per heavy atom. The van der Waals surface area contributed by atoms with Gasteiger partial charge in [-0.3, -0.25) is 4.79 Å². The molecule has 0 fully saturated rings. The zero-order valence-electron chi connectivity index (χ0n) is 10.6. The molecule has 0 saturated heterocycles. The van der Waals surface area contributed by atoms with E-state index in [0.717, 1.165) is 16.5 Å². The topological polar surface area (TPSA) is 82.2 Å². The molecule has 5 heteroatoms. The molecule has 1 amide bonds. The molecule has 0 bridgehead atoms. The molecule has 1 aromatic heterocycles. The fourth-order valence-corrected chi connectivity index (χ4v) is 2.02. The number of hydrogen-bond acceptors (Lipinski definition) is 2. The third-order valence-electron chi connectivity index (χ3n) is 3.05. The van der Waals surface area contributed by atoms with Gasteiger partial charge in [0, 0.05) is 29.9 Å². The summed E-state index contributed by atoms with van der Waals surface area (Å²) in [6, 6.07) is 6.78. The molecule has 3 N–H and O–H groups in total. The van der Waals surface area contributed by atoms with Crippen LogP contribution in [0.4, 0.5) is 0 Å². The van der Waals surface area contributed by atoms with Crippen LogP contribution in [-0.2, 0) is 16.0 Å². The number of aromatic nitrogens is 1. The minimum absolute atomic E-state index is 0.257. The van der Waals surface area contributed by atoms with Crippen molar-refractivity contribution >= 4 is 22.8 Å². The van der Waals surface area contributed by atoms with Crippen molar-refractivity contribution in [1.29, 1.82) is 0 Å². The molecule has 1 atom stereocenters. The number of hydrogen-bond donors (Lipinski definition) is 3. The van der Waals surface area contributed by atoms with Gasteiger partial charge in [0.1, 0.15) is 6.04 Å². The summed E-state index contributed by atoms with van der Waals surface area (Å²) in [6.07, 6.45) is 2.33. The number of nitrogens with one attached hydrogen (secondary N) is 2. The van der Waals surface area contributed by atoms with Crippen LogP contribution >= 0.6 is 0 Å². The van der Waals surface area contributed by atoms with Crippen molar-refractivity contribution < 1.29 is 14.7 Å². The van der Waals surface area contributed by atoms with Gasteiger partial charge in [0.25, 0.3) is 0 Å². The number of benzene rings is 1. The van der Waals surface area contributed by atoms with Gasteiger partial charge in [-0.2, -0.15) is 0 Å². The molecule has 1 aromatic carbocycles.